The quantitative estimate of drug-likeness (QED) is 0.676. The lowest BCUT2D eigenvalue weighted by molar-refractivity contribution is -0.141. The van der Waals surface area contributed by atoms with Gasteiger partial charge in [-0.05, 0) is 6.07 Å². The topological polar surface area (TPSA) is 86.0 Å². The van der Waals surface area contributed by atoms with Crippen molar-refractivity contribution in [1.82, 2.24) is 15.0 Å². The van der Waals surface area contributed by atoms with Crippen molar-refractivity contribution >= 4 is 28.4 Å². The molecule has 2 amide bonds. The summed E-state index contributed by atoms with van der Waals surface area (Å²) in [6.45, 7) is -0.167. The second-order valence-electron chi connectivity index (χ2n) is 6.03. The Kier molecular flexibility index (Phi) is 4.07. The number of carbonyl (C=O) groups is 1. The van der Waals surface area contributed by atoms with E-state index in [1.54, 1.807) is 24.4 Å². The predicted molar refractivity (Wildman–Crippen MR) is 93.4 cm³/mol. The summed E-state index contributed by atoms with van der Waals surface area (Å²) >= 11 is 0. The van der Waals surface area contributed by atoms with Gasteiger partial charge in [0.1, 0.15) is 11.7 Å². The maximum Gasteiger partial charge on any atom is 0.433 e. The summed E-state index contributed by atoms with van der Waals surface area (Å²) in [5.41, 5.74) is -0.770. The molecule has 1 aromatic carbocycles. The van der Waals surface area contributed by atoms with Crippen molar-refractivity contribution in [3.8, 4) is 6.07 Å². The van der Waals surface area contributed by atoms with Crippen LogP contribution in [0, 0.1) is 11.3 Å². The number of amides is 2. The minimum absolute atomic E-state index is 0.167. The number of alkyl halides is 3. The van der Waals surface area contributed by atoms with Crippen molar-refractivity contribution in [2.24, 2.45) is 0 Å². The highest BCUT2D eigenvalue weighted by Crippen LogP contribution is 2.33. The van der Waals surface area contributed by atoms with E-state index < -0.39 is 29.9 Å². The molecule has 1 aliphatic rings. The van der Waals surface area contributed by atoms with Gasteiger partial charge in [0.05, 0.1) is 24.5 Å². The molecule has 0 saturated carbocycles. The first-order valence-corrected chi connectivity index (χ1v) is 8.13. The van der Waals surface area contributed by atoms with Gasteiger partial charge in [-0.1, -0.05) is 24.3 Å². The molecule has 0 bridgehead atoms. The fourth-order valence-corrected chi connectivity index (χ4v) is 3.06. The smallest absolute Gasteiger partial charge is 0.273 e. The lowest BCUT2D eigenvalue weighted by Gasteiger charge is -2.20. The molecule has 1 atom stereocenters. The standard InChI is InChI=1S/C18H11F3N6O/c19-18(20,21)15-5-6-24-16(25-15)26-10-12(7-22)27(17(26)28)14-9-23-8-11-3-1-2-4-13(11)14/h1-6,8-9,12H,10H2. The second-order valence-corrected chi connectivity index (χ2v) is 6.03. The minimum atomic E-state index is -4.67. The van der Waals surface area contributed by atoms with Crippen molar-refractivity contribution < 1.29 is 18.0 Å². The van der Waals surface area contributed by atoms with Gasteiger partial charge in [-0.15, -0.1) is 0 Å². The highest BCUT2D eigenvalue weighted by molar-refractivity contribution is 6.11. The number of nitrogens with zero attached hydrogens (tertiary/aromatic N) is 6. The molecule has 1 fully saturated rings. The molecule has 0 N–H and O–H groups in total. The average molecular weight is 384 g/mol. The second kappa shape index (κ2) is 6.45. The third kappa shape index (κ3) is 2.87. The number of fused-ring (bicyclic) bond motifs is 1. The third-order valence-corrected chi connectivity index (χ3v) is 4.33. The molecule has 10 heteroatoms. The molecule has 0 aliphatic carbocycles. The molecular weight excluding hydrogens is 373 g/mol. The van der Waals surface area contributed by atoms with E-state index in [0.717, 1.165) is 22.5 Å². The number of rotatable bonds is 2. The van der Waals surface area contributed by atoms with Crippen LogP contribution in [0.15, 0.2) is 48.9 Å². The van der Waals surface area contributed by atoms with Gasteiger partial charge in [-0.25, -0.2) is 14.8 Å². The summed E-state index contributed by atoms with van der Waals surface area (Å²) < 4.78 is 38.8. The van der Waals surface area contributed by atoms with Gasteiger partial charge in [-0.2, -0.15) is 18.4 Å². The number of halogens is 3. The van der Waals surface area contributed by atoms with Crippen molar-refractivity contribution in [2.45, 2.75) is 12.2 Å². The molecule has 7 nitrogen and oxygen atoms in total. The van der Waals surface area contributed by atoms with E-state index in [2.05, 4.69) is 15.0 Å². The highest BCUT2D eigenvalue weighted by atomic mass is 19.4. The van der Waals surface area contributed by atoms with E-state index in [9.17, 15) is 23.2 Å². The molecule has 0 radical (unpaired) electrons. The summed E-state index contributed by atoms with van der Waals surface area (Å²) in [4.78, 5) is 26.5. The van der Waals surface area contributed by atoms with Gasteiger partial charge in [0.25, 0.3) is 0 Å². The van der Waals surface area contributed by atoms with Gasteiger partial charge in [-0.3, -0.25) is 14.8 Å². The van der Waals surface area contributed by atoms with E-state index in [1.807, 2.05) is 12.1 Å². The molecule has 140 valence electrons. The van der Waals surface area contributed by atoms with Crippen LogP contribution < -0.4 is 9.80 Å². The van der Waals surface area contributed by atoms with E-state index in [-0.39, 0.29) is 6.54 Å². The number of aromatic nitrogens is 3. The zero-order chi connectivity index (χ0) is 19.9. The molecule has 1 saturated heterocycles. The van der Waals surface area contributed by atoms with Crippen LogP contribution in [0.1, 0.15) is 5.69 Å². The summed E-state index contributed by atoms with van der Waals surface area (Å²) in [7, 11) is 0. The summed E-state index contributed by atoms with van der Waals surface area (Å²) in [5, 5.41) is 11.0. The fraction of sp³-hybridized carbons (Fsp3) is 0.167. The first kappa shape index (κ1) is 17.7. The highest BCUT2D eigenvalue weighted by Gasteiger charge is 2.42. The van der Waals surface area contributed by atoms with Crippen LogP contribution in [0.2, 0.25) is 0 Å². The molecule has 1 unspecified atom stereocenters. The monoisotopic (exact) mass is 384 g/mol. The normalized spacial score (nSPS) is 17.2. The summed E-state index contributed by atoms with van der Waals surface area (Å²) in [6, 6.07) is 8.28. The molecule has 28 heavy (non-hydrogen) atoms. The third-order valence-electron chi connectivity index (χ3n) is 4.33. The van der Waals surface area contributed by atoms with Crippen LogP contribution in [-0.4, -0.2) is 33.6 Å². The Morgan fingerprint density at radius 1 is 1.18 bits per heavy atom. The summed E-state index contributed by atoms with van der Waals surface area (Å²) in [6.07, 6.45) is -0.675. The van der Waals surface area contributed by atoms with Crippen LogP contribution >= 0.6 is 0 Å². The van der Waals surface area contributed by atoms with Crippen molar-refractivity contribution in [3.63, 3.8) is 0 Å². The average Bonchev–Trinajstić information content (AvgIpc) is 3.03. The van der Waals surface area contributed by atoms with E-state index in [4.69, 9.17) is 0 Å². The number of nitriles is 1. The Bertz CT molecular complexity index is 1100. The van der Waals surface area contributed by atoms with E-state index in [0.29, 0.717) is 11.1 Å². The van der Waals surface area contributed by atoms with Gasteiger partial charge in [0, 0.05) is 23.2 Å². The van der Waals surface area contributed by atoms with Gasteiger partial charge < -0.3 is 0 Å². The number of anilines is 2. The zero-order valence-corrected chi connectivity index (χ0v) is 14.1. The lowest BCUT2D eigenvalue weighted by atomic mass is 10.1. The Morgan fingerprint density at radius 2 is 1.96 bits per heavy atom. The number of carbonyl (C=O) groups excluding carboxylic acids is 1. The fourth-order valence-electron chi connectivity index (χ4n) is 3.06. The number of hydrogen-bond donors (Lipinski definition) is 0. The first-order chi connectivity index (χ1) is 13.4. The Morgan fingerprint density at radius 3 is 2.71 bits per heavy atom. The maximum absolute atomic E-state index is 13.0. The lowest BCUT2D eigenvalue weighted by Crippen LogP contribution is -2.35. The minimum Gasteiger partial charge on any atom is -0.273 e. The summed E-state index contributed by atoms with van der Waals surface area (Å²) in [5.74, 6) is -0.407. The van der Waals surface area contributed by atoms with Crippen LogP contribution in [0.3, 0.4) is 0 Å². The zero-order valence-electron chi connectivity index (χ0n) is 14.1. The van der Waals surface area contributed by atoms with Crippen molar-refractivity contribution in [1.29, 1.82) is 5.26 Å². The Hall–Kier alpha value is -3.74. The van der Waals surface area contributed by atoms with Crippen molar-refractivity contribution in [2.75, 3.05) is 16.3 Å². The molecule has 1 aliphatic heterocycles. The van der Waals surface area contributed by atoms with Gasteiger partial charge in [0.15, 0.2) is 0 Å². The van der Waals surface area contributed by atoms with Gasteiger partial charge >= 0.3 is 12.2 Å². The number of hydrogen-bond acceptors (Lipinski definition) is 5. The Labute approximate surface area is 156 Å². The van der Waals surface area contributed by atoms with Crippen LogP contribution in [0.25, 0.3) is 10.8 Å². The molecule has 3 heterocycles. The predicted octanol–water partition coefficient (Wildman–Crippen LogP) is 3.38. The van der Waals surface area contributed by atoms with Crippen LogP contribution in [0.4, 0.5) is 29.6 Å². The first-order valence-electron chi connectivity index (χ1n) is 8.13. The van der Waals surface area contributed by atoms with Crippen LogP contribution in [0.5, 0.6) is 0 Å². The molecular formula is C18H11F3N6O. The molecule has 2 aromatic heterocycles. The number of pyridine rings is 1. The Balaban J connectivity index is 1.78. The molecule has 0 spiro atoms. The molecule has 4 rings (SSSR count). The largest absolute Gasteiger partial charge is 0.433 e. The molecule has 3 aromatic rings. The van der Waals surface area contributed by atoms with Crippen molar-refractivity contribution in [3.05, 3.63) is 54.6 Å². The number of urea groups is 1. The number of benzene rings is 1. The van der Waals surface area contributed by atoms with E-state index >= 15 is 0 Å². The van der Waals surface area contributed by atoms with E-state index in [1.165, 1.54) is 11.1 Å². The SMILES string of the molecule is N#CC1CN(c2nccc(C(F)(F)F)n2)C(=O)N1c1cncc2ccccc12. The van der Waals surface area contributed by atoms with Crippen LogP contribution in [-0.2, 0) is 6.18 Å². The maximum atomic E-state index is 13.0. The van der Waals surface area contributed by atoms with Gasteiger partial charge in [0.2, 0.25) is 5.95 Å².